The van der Waals surface area contributed by atoms with Gasteiger partial charge in [0.1, 0.15) is 17.3 Å². The molecule has 0 radical (unpaired) electrons. The second-order valence-corrected chi connectivity index (χ2v) is 8.00. The molecule has 1 saturated heterocycles. The lowest BCUT2D eigenvalue weighted by atomic mass is 9.75. The molecule has 0 amide bonds. The van der Waals surface area contributed by atoms with Gasteiger partial charge < -0.3 is 9.26 Å². The number of carbonyl (C=O) groups is 1. The summed E-state index contributed by atoms with van der Waals surface area (Å²) in [5, 5.41) is 4.12. The van der Waals surface area contributed by atoms with Gasteiger partial charge in [-0.3, -0.25) is 14.7 Å². The standard InChI is InChI=1S/C24H26FN3O3/c1-2-30-23(29)24(9-12-28(13-10-24)17-18-4-3-11-26-16-18)15-21-14-22(27-31-21)19-5-7-20(25)8-6-19/h3-8,11,14,16H,2,9-10,12-13,15,17H2,1H3. The van der Waals surface area contributed by atoms with E-state index in [-0.39, 0.29) is 11.8 Å². The Balaban J connectivity index is 1.47. The molecule has 162 valence electrons. The maximum absolute atomic E-state index is 13.2. The summed E-state index contributed by atoms with van der Waals surface area (Å²) in [4.78, 5) is 19.5. The molecule has 3 aromatic rings. The number of benzene rings is 1. The molecule has 0 bridgehead atoms. The minimum atomic E-state index is -0.638. The normalized spacial score (nSPS) is 16.2. The van der Waals surface area contributed by atoms with E-state index in [9.17, 15) is 9.18 Å². The fraction of sp³-hybridized carbons (Fsp3) is 0.375. The van der Waals surface area contributed by atoms with Gasteiger partial charge in [-0.2, -0.15) is 0 Å². The van der Waals surface area contributed by atoms with Gasteiger partial charge in [-0.25, -0.2) is 4.39 Å². The third kappa shape index (κ3) is 4.99. The Morgan fingerprint density at radius 1 is 1.23 bits per heavy atom. The zero-order chi connectivity index (χ0) is 21.7. The summed E-state index contributed by atoms with van der Waals surface area (Å²) in [7, 11) is 0. The lowest BCUT2D eigenvalue weighted by Crippen LogP contribution is -2.46. The van der Waals surface area contributed by atoms with Gasteiger partial charge in [0.15, 0.2) is 0 Å². The van der Waals surface area contributed by atoms with Crippen LogP contribution in [0.5, 0.6) is 0 Å². The van der Waals surface area contributed by atoms with Gasteiger partial charge in [-0.15, -0.1) is 0 Å². The van der Waals surface area contributed by atoms with Crippen molar-refractivity contribution in [3.05, 3.63) is 72.0 Å². The van der Waals surface area contributed by atoms with Gasteiger partial charge >= 0.3 is 5.97 Å². The van der Waals surface area contributed by atoms with Crippen LogP contribution in [0, 0.1) is 11.2 Å². The van der Waals surface area contributed by atoms with Crippen LogP contribution in [0.2, 0.25) is 0 Å². The van der Waals surface area contributed by atoms with Crippen molar-refractivity contribution < 1.29 is 18.4 Å². The number of pyridine rings is 1. The highest BCUT2D eigenvalue weighted by atomic mass is 19.1. The predicted octanol–water partition coefficient (Wildman–Crippen LogP) is 4.26. The minimum Gasteiger partial charge on any atom is -0.466 e. The Kier molecular flexibility index (Phi) is 6.42. The second kappa shape index (κ2) is 9.39. The number of rotatable bonds is 7. The summed E-state index contributed by atoms with van der Waals surface area (Å²) in [6.07, 6.45) is 5.43. The smallest absolute Gasteiger partial charge is 0.312 e. The lowest BCUT2D eigenvalue weighted by molar-refractivity contribution is -0.159. The van der Waals surface area contributed by atoms with Crippen LogP contribution in [0.25, 0.3) is 11.3 Å². The molecule has 1 fully saturated rings. The van der Waals surface area contributed by atoms with E-state index in [0.29, 0.717) is 37.3 Å². The molecule has 0 atom stereocenters. The van der Waals surface area contributed by atoms with Crippen LogP contribution in [-0.2, 0) is 22.5 Å². The highest BCUT2D eigenvalue weighted by molar-refractivity contribution is 5.77. The quantitative estimate of drug-likeness (QED) is 0.529. The van der Waals surface area contributed by atoms with Crippen LogP contribution in [0.4, 0.5) is 4.39 Å². The number of hydrogen-bond donors (Lipinski definition) is 0. The average molecular weight is 423 g/mol. The van der Waals surface area contributed by atoms with Gasteiger partial charge in [0.25, 0.3) is 0 Å². The fourth-order valence-corrected chi connectivity index (χ4v) is 4.11. The summed E-state index contributed by atoms with van der Waals surface area (Å²) < 4.78 is 24.2. The molecule has 0 aliphatic carbocycles. The van der Waals surface area contributed by atoms with Crippen molar-refractivity contribution >= 4 is 5.97 Å². The van der Waals surface area contributed by atoms with Crippen LogP contribution in [0.1, 0.15) is 31.1 Å². The molecule has 0 N–H and O–H groups in total. The maximum Gasteiger partial charge on any atom is 0.312 e. The first kappa shape index (κ1) is 21.2. The molecule has 1 aliphatic heterocycles. The van der Waals surface area contributed by atoms with Crippen LogP contribution < -0.4 is 0 Å². The molecular weight excluding hydrogens is 397 g/mol. The highest BCUT2D eigenvalue weighted by Crippen LogP contribution is 2.38. The van der Waals surface area contributed by atoms with Crippen LogP contribution >= 0.6 is 0 Å². The predicted molar refractivity (Wildman–Crippen MR) is 113 cm³/mol. The van der Waals surface area contributed by atoms with E-state index < -0.39 is 5.41 Å². The number of nitrogens with zero attached hydrogens (tertiary/aromatic N) is 3. The first-order valence-corrected chi connectivity index (χ1v) is 10.6. The summed E-state index contributed by atoms with van der Waals surface area (Å²) in [6, 6.07) is 11.9. The van der Waals surface area contributed by atoms with Crippen molar-refractivity contribution in [1.82, 2.24) is 15.0 Å². The van der Waals surface area contributed by atoms with Gasteiger partial charge in [-0.1, -0.05) is 11.2 Å². The third-order valence-corrected chi connectivity index (χ3v) is 5.86. The Hall–Kier alpha value is -3.06. The Labute approximate surface area is 181 Å². The van der Waals surface area contributed by atoms with E-state index in [4.69, 9.17) is 9.26 Å². The Morgan fingerprint density at radius 2 is 2.00 bits per heavy atom. The summed E-state index contributed by atoms with van der Waals surface area (Å²) in [5.41, 5.74) is 1.92. The average Bonchev–Trinajstić information content (AvgIpc) is 3.25. The lowest BCUT2D eigenvalue weighted by Gasteiger charge is -2.39. The summed E-state index contributed by atoms with van der Waals surface area (Å²) in [6.45, 7) is 4.55. The first-order chi connectivity index (χ1) is 15.1. The fourth-order valence-electron chi connectivity index (χ4n) is 4.11. The summed E-state index contributed by atoms with van der Waals surface area (Å²) >= 11 is 0. The maximum atomic E-state index is 13.2. The molecule has 2 aromatic heterocycles. The monoisotopic (exact) mass is 423 g/mol. The number of hydrogen-bond acceptors (Lipinski definition) is 6. The highest BCUT2D eigenvalue weighted by Gasteiger charge is 2.43. The van der Waals surface area contributed by atoms with Crippen LogP contribution in [-0.4, -0.2) is 40.7 Å². The zero-order valence-corrected chi connectivity index (χ0v) is 17.6. The number of aromatic nitrogens is 2. The molecule has 0 spiro atoms. The number of halogens is 1. The molecular formula is C24H26FN3O3. The minimum absolute atomic E-state index is 0.184. The van der Waals surface area contributed by atoms with Crippen LogP contribution in [0.15, 0.2) is 59.4 Å². The first-order valence-electron chi connectivity index (χ1n) is 10.6. The van der Waals surface area contributed by atoms with E-state index in [0.717, 1.165) is 30.8 Å². The molecule has 1 aliphatic rings. The van der Waals surface area contributed by atoms with Crippen LogP contribution in [0.3, 0.4) is 0 Å². The largest absolute Gasteiger partial charge is 0.466 e. The van der Waals surface area contributed by atoms with E-state index >= 15 is 0 Å². The number of likely N-dealkylation sites (tertiary alicyclic amines) is 1. The summed E-state index contributed by atoms with van der Waals surface area (Å²) in [5.74, 6) is 0.149. The topological polar surface area (TPSA) is 68.5 Å². The molecule has 0 saturated carbocycles. The molecule has 1 aromatic carbocycles. The molecule has 31 heavy (non-hydrogen) atoms. The molecule has 4 rings (SSSR count). The zero-order valence-electron chi connectivity index (χ0n) is 17.6. The molecule has 3 heterocycles. The molecule has 7 heteroatoms. The SMILES string of the molecule is CCOC(=O)C1(Cc2cc(-c3ccc(F)cc3)no2)CCN(Cc2cccnc2)CC1. The third-order valence-electron chi connectivity index (χ3n) is 5.86. The van der Waals surface area contributed by atoms with Crippen molar-refractivity contribution in [1.29, 1.82) is 0 Å². The number of esters is 1. The van der Waals surface area contributed by atoms with Crippen molar-refractivity contribution in [2.75, 3.05) is 19.7 Å². The number of ether oxygens (including phenoxy) is 1. The van der Waals surface area contributed by atoms with Gasteiger partial charge in [0.2, 0.25) is 0 Å². The molecule has 6 nitrogen and oxygen atoms in total. The van der Waals surface area contributed by atoms with E-state index in [2.05, 4.69) is 21.1 Å². The Bertz CT molecular complexity index is 996. The van der Waals surface area contributed by atoms with Gasteiger partial charge in [-0.05, 0) is 68.8 Å². The molecule has 0 unspecified atom stereocenters. The van der Waals surface area contributed by atoms with Crippen molar-refractivity contribution in [3.63, 3.8) is 0 Å². The Morgan fingerprint density at radius 3 is 2.68 bits per heavy atom. The van der Waals surface area contributed by atoms with Crippen molar-refractivity contribution in [3.8, 4) is 11.3 Å². The van der Waals surface area contributed by atoms with Crippen molar-refractivity contribution in [2.24, 2.45) is 5.41 Å². The van der Waals surface area contributed by atoms with Crippen molar-refractivity contribution in [2.45, 2.75) is 32.7 Å². The van der Waals surface area contributed by atoms with Gasteiger partial charge in [0.05, 0.1) is 12.0 Å². The van der Waals surface area contributed by atoms with Gasteiger partial charge in [0, 0.05) is 37.0 Å². The number of carbonyl (C=O) groups excluding carboxylic acids is 1. The number of piperidine rings is 1. The van der Waals surface area contributed by atoms with E-state index in [1.165, 1.54) is 12.1 Å². The van der Waals surface area contributed by atoms with E-state index in [1.54, 1.807) is 18.3 Å². The van der Waals surface area contributed by atoms with E-state index in [1.807, 2.05) is 25.3 Å². The second-order valence-electron chi connectivity index (χ2n) is 8.00.